The van der Waals surface area contributed by atoms with E-state index in [1.54, 1.807) is 7.11 Å². The molecule has 0 saturated heterocycles. The Balaban J connectivity index is 1.50. The number of hydrogen-bond acceptors (Lipinski definition) is 5. The van der Waals surface area contributed by atoms with Crippen LogP contribution in [0.25, 0.3) is 0 Å². The maximum Gasteiger partial charge on any atom is 0.139 e. The first kappa shape index (κ1) is 18.0. The average Bonchev–Trinajstić information content (AvgIpc) is 3.05. The molecule has 5 heteroatoms. The van der Waals surface area contributed by atoms with Crippen LogP contribution in [0, 0.1) is 11.3 Å². The second-order valence-corrected chi connectivity index (χ2v) is 7.50. The topological polar surface area (TPSA) is 67.5 Å². The summed E-state index contributed by atoms with van der Waals surface area (Å²) < 4.78 is 10.5. The summed E-state index contributed by atoms with van der Waals surface area (Å²) in [5, 5.41) is 16.8. The molecule has 1 aliphatic rings. The lowest BCUT2D eigenvalue weighted by Crippen LogP contribution is -2.57. The average molecular weight is 344 g/mol. The van der Waals surface area contributed by atoms with Crippen LogP contribution in [0.5, 0.6) is 5.75 Å². The Labute approximate surface area is 149 Å². The van der Waals surface area contributed by atoms with E-state index in [9.17, 15) is 0 Å². The molecule has 3 rings (SSSR count). The Hall–Kier alpha value is -1.85. The maximum atomic E-state index is 8.97. The minimum absolute atomic E-state index is 0.0981. The van der Waals surface area contributed by atoms with Crippen LogP contribution in [0.15, 0.2) is 34.9 Å². The minimum atomic E-state index is 0.0981. The van der Waals surface area contributed by atoms with E-state index in [4.69, 9.17) is 14.4 Å². The Bertz CT molecular complexity index is 679. The van der Waals surface area contributed by atoms with Gasteiger partial charge in [-0.1, -0.05) is 31.1 Å². The van der Waals surface area contributed by atoms with E-state index >= 15 is 0 Å². The van der Waals surface area contributed by atoms with Crippen LogP contribution in [-0.2, 0) is 19.4 Å². The lowest BCUT2D eigenvalue weighted by molar-refractivity contribution is 0.0125. The van der Waals surface area contributed by atoms with E-state index in [1.807, 2.05) is 18.2 Å². The van der Waals surface area contributed by atoms with Gasteiger partial charge in [-0.05, 0) is 41.9 Å². The van der Waals surface area contributed by atoms with Crippen molar-refractivity contribution >= 4 is 0 Å². The van der Waals surface area contributed by atoms with E-state index in [-0.39, 0.29) is 12.0 Å². The summed E-state index contributed by atoms with van der Waals surface area (Å²) in [4.78, 5) is 0. The summed E-state index contributed by atoms with van der Waals surface area (Å²) >= 11 is 0. The first-order valence-corrected chi connectivity index (χ1v) is 8.94. The number of ether oxygens (including phenoxy) is 1. The normalized spacial score (nSPS) is 21.8. The van der Waals surface area contributed by atoms with Crippen molar-refractivity contribution in [2.45, 2.75) is 45.7 Å². The van der Waals surface area contributed by atoms with Crippen molar-refractivity contribution in [3.05, 3.63) is 47.3 Å². The molecule has 136 valence electrons. The number of nitrogens with one attached hydrogen (secondary N) is 1. The van der Waals surface area contributed by atoms with Gasteiger partial charge in [0, 0.05) is 25.1 Å². The highest BCUT2D eigenvalue weighted by atomic mass is 16.5. The van der Waals surface area contributed by atoms with Crippen molar-refractivity contribution < 1.29 is 14.4 Å². The van der Waals surface area contributed by atoms with Gasteiger partial charge in [-0.25, -0.2) is 0 Å². The third-order valence-corrected chi connectivity index (χ3v) is 5.60. The number of aromatic nitrogens is 1. The van der Waals surface area contributed by atoms with Gasteiger partial charge in [-0.3, -0.25) is 0 Å². The van der Waals surface area contributed by atoms with Crippen LogP contribution in [0.1, 0.15) is 37.3 Å². The van der Waals surface area contributed by atoms with E-state index in [0.717, 1.165) is 36.6 Å². The summed E-state index contributed by atoms with van der Waals surface area (Å²) in [6.07, 6.45) is 2.61. The highest BCUT2D eigenvalue weighted by Crippen LogP contribution is 2.47. The molecule has 1 fully saturated rings. The Morgan fingerprint density at radius 3 is 2.72 bits per heavy atom. The van der Waals surface area contributed by atoms with E-state index in [1.165, 1.54) is 5.56 Å². The predicted molar refractivity (Wildman–Crippen MR) is 96.5 cm³/mol. The first-order valence-electron chi connectivity index (χ1n) is 8.94. The number of aliphatic hydroxyl groups is 1. The van der Waals surface area contributed by atoms with Crippen LogP contribution in [0.2, 0.25) is 0 Å². The fourth-order valence-corrected chi connectivity index (χ4v) is 3.63. The zero-order valence-electron chi connectivity index (χ0n) is 15.3. The van der Waals surface area contributed by atoms with E-state index in [2.05, 4.69) is 36.5 Å². The number of aliphatic hydroxyl groups excluding tert-OH is 1. The van der Waals surface area contributed by atoms with Crippen LogP contribution < -0.4 is 10.1 Å². The highest BCUT2D eigenvalue weighted by molar-refractivity contribution is 5.27. The zero-order valence-corrected chi connectivity index (χ0v) is 15.3. The van der Waals surface area contributed by atoms with Crippen LogP contribution in [-0.4, -0.2) is 30.0 Å². The molecular weight excluding hydrogens is 316 g/mol. The molecule has 2 atom stereocenters. The number of nitrogens with zero attached hydrogens (tertiary/aromatic N) is 1. The van der Waals surface area contributed by atoms with E-state index < -0.39 is 0 Å². The number of methoxy groups -OCH3 is 1. The second kappa shape index (κ2) is 7.58. The SMILES string of the molecule is COc1ccc(CNC2CC(Cc3cc(CCO)on3)C2(C)C)cc1. The van der Waals surface area contributed by atoms with Gasteiger partial charge in [0.25, 0.3) is 0 Å². The standard InChI is InChI=1S/C20H28N2O3/c1-20(2)15(10-16-12-18(8-9-23)25-22-16)11-19(20)21-13-14-4-6-17(24-3)7-5-14/h4-7,12,15,19,21,23H,8-11,13H2,1-3H3. The Kier molecular flexibility index (Phi) is 5.45. The molecule has 1 saturated carbocycles. The van der Waals surface area contributed by atoms with Gasteiger partial charge in [-0.2, -0.15) is 0 Å². The van der Waals surface area contributed by atoms with Gasteiger partial charge in [0.05, 0.1) is 19.4 Å². The maximum absolute atomic E-state index is 8.97. The fourth-order valence-electron chi connectivity index (χ4n) is 3.63. The Morgan fingerprint density at radius 1 is 1.32 bits per heavy atom. The smallest absolute Gasteiger partial charge is 0.139 e. The van der Waals surface area contributed by atoms with Gasteiger partial charge in [0.1, 0.15) is 11.5 Å². The molecule has 1 aromatic carbocycles. The summed E-state index contributed by atoms with van der Waals surface area (Å²) in [5.41, 5.74) is 2.49. The molecule has 0 spiro atoms. The van der Waals surface area contributed by atoms with Crippen LogP contribution >= 0.6 is 0 Å². The van der Waals surface area contributed by atoms with Gasteiger partial charge in [0.2, 0.25) is 0 Å². The molecule has 5 nitrogen and oxygen atoms in total. The molecule has 25 heavy (non-hydrogen) atoms. The third kappa shape index (κ3) is 4.05. The van der Waals surface area contributed by atoms with Crippen LogP contribution in [0.3, 0.4) is 0 Å². The molecular formula is C20H28N2O3. The summed E-state index contributed by atoms with van der Waals surface area (Å²) in [5.74, 6) is 2.25. The van der Waals surface area contributed by atoms with Crippen molar-refractivity contribution in [1.29, 1.82) is 0 Å². The molecule has 0 aliphatic heterocycles. The monoisotopic (exact) mass is 344 g/mol. The predicted octanol–water partition coefficient (Wildman–Crippen LogP) is 2.97. The molecule has 2 unspecified atom stereocenters. The molecule has 0 amide bonds. The molecule has 1 aliphatic carbocycles. The van der Waals surface area contributed by atoms with Crippen molar-refractivity contribution in [2.75, 3.05) is 13.7 Å². The second-order valence-electron chi connectivity index (χ2n) is 7.50. The molecule has 0 radical (unpaired) electrons. The largest absolute Gasteiger partial charge is 0.497 e. The van der Waals surface area contributed by atoms with Gasteiger partial charge >= 0.3 is 0 Å². The summed E-state index contributed by atoms with van der Waals surface area (Å²) in [7, 11) is 1.69. The van der Waals surface area contributed by atoms with Crippen LogP contribution in [0.4, 0.5) is 0 Å². The highest BCUT2D eigenvalue weighted by Gasteiger charge is 2.47. The summed E-state index contributed by atoms with van der Waals surface area (Å²) in [6.45, 7) is 5.61. The van der Waals surface area contributed by atoms with Gasteiger partial charge < -0.3 is 19.7 Å². The van der Waals surface area contributed by atoms with Crippen molar-refractivity contribution in [2.24, 2.45) is 11.3 Å². The quantitative estimate of drug-likeness (QED) is 0.771. The van der Waals surface area contributed by atoms with Crippen molar-refractivity contribution in [1.82, 2.24) is 10.5 Å². The number of hydrogen-bond donors (Lipinski definition) is 2. The Morgan fingerprint density at radius 2 is 2.08 bits per heavy atom. The minimum Gasteiger partial charge on any atom is -0.497 e. The van der Waals surface area contributed by atoms with Gasteiger partial charge in [-0.15, -0.1) is 0 Å². The molecule has 1 heterocycles. The lowest BCUT2D eigenvalue weighted by Gasteiger charge is -2.52. The molecule has 0 bridgehead atoms. The number of benzene rings is 1. The van der Waals surface area contributed by atoms with Crippen molar-refractivity contribution in [3.63, 3.8) is 0 Å². The third-order valence-electron chi connectivity index (χ3n) is 5.60. The lowest BCUT2D eigenvalue weighted by atomic mass is 9.57. The summed E-state index contributed by atoms with van der Waals surface area (Å²) in [6, 6.07) is 10.7. The van der Waals surface area contributed by atoms with E-state index in [0.29, 0.717) is 18.4 Å². The zero-order chi connectivity index (χ0) is 17.9. The van der Waals surface area contributed by atoms with Gasteiger partial charge in [0.15, 0.2) is 0 Å². The van der Waals surface area contributed by atoms with Crippen molar-refractivity contribution in [3.8, 4) is 5.75 Å². The molecule has 1 aromatic heterocycles. The molecule has 2 aromatic rings. The molecule has 2 N–H and O–H groups in total. The number of rotatable bonds is 8. The first-order chi connectivity index (χ1) is 12.0. The fraction of sp³-hybridized carbons (Fsp3) is 0.550.